The smallest absolute Gasteiger partial charge is 0.262 e. The van der Waals surface area contributed by atoms with Crippen molar-refractivity contribution in [3.8, 4) is 0 Å². The Kier molecular flexibility index (Phi) is 7.96. The Morgan fingerprint density at radius 3 is 2.44 bits per heavy atom. The molecule has 0 radical (unpaired) electrons. The highest BCUT2D eigenvalue weighted by atomic mass is 32.2. The molecule has 2 aromatic rings. The van der Waals surface area contributed by atoms with Crippen molar-refractivity contribution in [1.29, 1.82) is 0 Å². The maximum atomic E-state index is 13.1. The topological polar surface area (TPSA) is 78.5 Å². The summed E-state index contributed by atoms with van der Waals surface area (Å²) in [5.41, 5.74) is 3.31. The molecule has 1 fully saturated rings. The van der Waals surface area contributed by atoms with Gasteiger partial charge in [-0.05, 0) is 100 Å². The van der Waals surface area contributed by atoms with Gasteiger partial charge in [-0.25, -0.2) is 8.42 Å². The zero-order chi connectivity index (χ0) is 23.3. The van der Waals surface area contributed by atoms with E-state index in [1.54, 1.807) is 19.1 Å². The number of carbonyl (C=O) groups is 1. The molecule has 6 nitrogen and oxygen atoms in total. The van der Waals surface area contributed by atoms with Gasteiger partial charge >= 0.3 is 0 Å². The molecule has 1 amide bonds. The number of rotatable bonds is 8. The minimum absolute atomic E-state index is 0.119. The molecule has 0 unspecified atom stereocenters. The van der Waals surface area contributed by atoms with Gasteiger partial charge in [-0.2, -0.15) is 0 Å². The number of amides is 1. The number of aryl methyl sites for hydroxylation is 3. The Morgan fingerprint density at radius 2 is 1.72 bits per heavy atom. The van der Waals surface area contributed by atoms with Crippen LogP contribution in [0.15, 0.2) is 41.3 Å². The summed E-state index contributed by atoms with van der Waals surface area (Å²) in [5, 5.41) is 2.93. The highest BCUT2D eigenvalue weighted by Gasteiger charge is 2.20. The van der Waals surface area contributed by atoms with Gasteiger partial charge in [0.15, 0.2) is 0 Å². The first-order chi connectivity index (χ1) is 15.2. The lowest BCUT2D eigenvalue weighted by Crippen LogP contribution is -2.35. The highest BCUT2D eigenvalue weighted by Crippen LogP contribution is 2.24. The molecule has 174 valence electrons. The van der Waals surface area contributed by atoms with Crippen LogP contribution < -0.4 is 10.0 Å². The fraction of sp³-hybridized carbons (Fsp3) is 0.480. The number of nitrogens with zero attached hydrogens (tertiary/aromatic N) is 1. The first kappa shape index (κ1) is 24.3. The third-order valence-electron chi connectivity index (χ3n) is 6.19. The van der Waals surface area contributed by atoms with E-state index in [2.05, 4.69) is 21.9 Å². The molecule has 1 heterocycles. The summed E-state index contributed by atoms with van der Waals surface area (Å²) in [5.74, 6) is 0.558. The van der Waals surface area contributed by atoms with E-state index in [4.69, 9.17) is 0 Å². The quantitative estimate of drug-likeness (QED) is 0.581. The summed E-state index contributed by atoms with van der Waals surface area (Å²) in [6.45, 7) is 11.6. The predicted molar refractivity (Wildman–Crippen MR) is 130 cm³/mol. The Bertz CT molecular complexity index is 1060. The normalized spacial score (nSPS) is 15.5. The number of anilines is 1. The van der Waals surface area contributed by atoms with Crippen LogP contribution in [-0.2, 0) is 10.0 Å². The highest BCUT2D eigenvalue weighted by molar-refractivity contribution is 7.92. The van der Waals surface area contributed by atoms with Crippen molar-refractivity contribution in [2.75, 3.05) is 30.9 Å². The predicted octanol–water partition coefficient (Wildman–Crippen LogP) is 4.26. The number of hydrogen-bond acceptors (Lipinski definition) is 4. The standard InChI is InChI=1S/C25H35N3O3S/c1-18-10-14-28(15-11-18)13-5-12-26-25(29)22-9-8-21(4)24(17-22)32(30,31)27-23-16-19(2)6-7-20(23)3/h6-9,16-18,27H,5,10-15H2,1-4H3,(H,26,29). The molecule has 0 aliphatic carbocycles. The number of sulfonamides is 1. The van der Waals surface area contributed by atoms with E-state index in [-0.39, 0.29) is 10.8 Å². The van der Waals surface area contributed by atoms with Gasteiger partial charge in [0, 0.05) is 12.1 Å². The molecule has 0 saturated carbocycles. The second-order valence-electron chi connectivity index (χ2n) is 9.04. The van der Waals surface area contributed by atoms with E-state index in [9.17, 15) is 13.2 Å². The van der Waals surface area contributed by atoms with Crippen LogP contribution in [0.2, 0.25) is 0 Å². The van der Waals surface area contributed by atoms with Crippen LogP contribution in [0.25, 0.3) is 0 Å². The van der Waals surface area contributed by atoms with E-state index in [0.29, 0.717) is 23.4 Å². The summed E-state index contributed by atoms with van der Waals surface area (Å²) < 4.78 is 28.8. The number of likely N-dealkylation sites (tertiary alicyclic amines) is 1. The summed E-state index contributed by atoms with van der Waals surface area (Å²) >= 11 is 0. The van der Waals surface area contributed by atoms with Gasteiger partial charge < -0.3 is 10.2 Å². The van der Waals surface area contributed by atoms with Gasteiger partial charge in [0.25, 0.3) is 15.9 Å². The molecule has 0 atom stereocenters. The lowest BCUT2D eigenvalue weighted by Gasteiger charge is -2.30. The Labute approximate surface area is 192 Å². The number of carbonyl (C=O) groups excluding carboxylic acids is 1. The molecular weight excluding hydrogens is 422 g/mol. The van der Waals surface area contributed by atoms with Gasteiger partial charge in [-0.1, -0.05) is 25.1 Å². The number of piperidine rings is 1. The summed E-state index contributed by atoms with van der Waals surface area (Å²) in [4.78, 5) is 15.2. The Balaban J connectivity index is 1.62. The average Bonchev–Trinajstić information content (AvgIpc) is 2.75. The van der Waals surface area contributed by atoms with E-state index in [0.717, 1.165) is 43.1 Å². The van der Waals surface area contributed by atoms with Gasteiger partial charge in [-0.15, -0.1) is 0 Å². The maximum Gasteiger partial charge on any atom is 0.262 e. The van der Waals surface area contributed by atoms with Crippen molar-refractivity contribution in [3.63, 3.8) is 0 Å². The van der Waals surface area contributed by atoms with Crippen molar-refractivity contribution >= 4 is 21.6 Å². The second kappa shape index (κ2) is 10.5. The van der Waals surface area contributed by atoms with Crippen LogP contribution >= 0.6 is 0 Å². The minimum Gasteiger partial charge on any atom is -0.352 e. The van der Waals surface area contributed by atoms with Crippen molar-refractivity contribution in [2.45, 2.75) is 51.9 Å². The first-order valence-corrected chi connectivity index (χ1v) is 12.9. The van der Waals surface area contributed by atoms with E-state index in [1.807, 2.05) is 32.0 Å². The molecule has 3 rings (SSSR count). The third-order valence-corrected chi connectivity index (χ3v) is 7.70. The van der Waals surface area contributed by atoms with Crippen molar-refractivity contribution in [3.05, 3.63) is 58.7 Å². The molecule has 2 N–H and O–H groups in total. The van der Waals surface area contributed by atoms with E-state index in [1.165, 1.54) is 18.9 Å². The zero-order valence-electron chi connectivity index (χ0n) is 19.6. The zero-order valence-corrected chi connectivity index (χ0v) is 20.4. The fourth-order valence-electron chi connectivity index (χ4n) is 3.97. The first-order valence-electron chi connectivity index (χ1n) is 11.4. The van der Waals surface area contributed by atoms with Gasteiger partial charge in [0.2, 0.25) is 0 Å². The fourth-order valence-corrected chi connectivity index (χ4v) is 5.36. The monoisotopic (exact) mass is 457 g/mol. The van der Waals surface area contributed by atoms with Gasteiger partial charge in [0.05, 0.1) is 10.6 Å². The van der Waals surface area contributed by atoms with Crippen LogP contribution in [0.4, 0.5) is 5.69 Å². The summed E-state index contributed by atoms with van der Waals surface area (Å²) in [6.07, 6.45) is 3.36. The molecule has 0 aromatic heterocycles. The summed E-state index contributed by atoms with van der Waals surface area (Å²) in [6, 6.07) is 10.4. The lowest BCUT2D eigenvalue weighted by molar-refractivity contribution is 0.0950. The van der Waals surface area contributed by atoms with Crippen LogP contribution in [0.5, 0.6) is 0 Å². The largest absolute Gasteiger partial charge is 0.352 e. The molecule has 1 aliphatic rings. The Hall–Kier alpha value is -2.38. The van der Waals surface area contributed by atoms with Crippen LogP contribution in [0.1, 0.15) is 53.2 Å². The lowest BCUT2D eigenvalue weighted by atomic mass is 9.99. The number of hydrogen-bond donors (Lipinski definition) is 2. The molecule has 2 aromatic carbocycles. The van der Waals surface area contributed by atoms with E-state index < -0.39 is 10.0 Å². The average molecular weight is 458 g/mol. The molecule has 7 heteroatoms. The number of nitrogens with one attached hydrogen (secondary N) is 2. The summed E-state index contributed by atoms with van der Waals surface area (Å²) in [7, 11) is -3.82. The third kappa shape index (κ3) is 6.33. The maximum absolute atomic E-state index is 13.1. The van der Waals surface area contributed by atoms with Crippen LogP contribution in [-0.4, -0.2) is 45.4 Å². The van der Waals surface area contributed by atoms with Gasteiger partial charge in [0.1, 0.15) is 0 Å². The van der Waals surface area contributed by atoms with Crippen molar-refractivity contribution in [2.24, 2.45) is 5.92 Å². The van der Waals surface area contributed by atoms with Crippen LogP contribution in [0, 0.1) is 26.7 Å². The molecule has 0 spiro atoms. The van der Waals surface area contributed by atoms with Gasteiger partial charge in [-0.3, -0.25) is 9.52 Å². The van der Waals surface area contributed by atoms with Crippen molar-refractivity contribution in [1.82, 2.24) is 10.2 Å². The molecule has 0 bridgehead atoms. The minimum atomic E-state index is -3.82. The molecule has 1 aliphatic heterocycles. The molecule has 1 saturated heterocycles. The van der Waals surface area contributed by atoms with E-state index >= 15 is 0 Å². The number of benzene rings is 2. The molecular formula is C25H35N3O3S. The Morgan fingerprint density at radius 1 is 1.03 bits per heavy atom. The second-order valence-corrected chi connectivity index (χ2v) is 10.7. The molecule has 32 heavy (non-hydrogen) atoms. The SMILES string of the molecule is Cc1ccc(C)c(NS(=O)(=O)c2cc(C(=O)NCCCN3CCC(C)CC3)ccc2C)c1. The van der Waals surface area contributed by atoms with Crippen LogP contribution in [0.3, 0.4) is 0 Å². The van der Waals surface area contributed by atoms with Crippen molar-refractivity contribution < 1.29 is 13.2 Å².